The van der Waals surface area contributed by atoms with E-state index < -0.39 is 16.0 Å². The molecule has 1 fully saturated rings. The number of para-hydroxylation sites is 1. The lowest BCUT2D eigenvalue weighted by molar-refractivity contribution is 0.0361. The van der Waals surface area contributed by atoms with Gasteiger partial charge in [-0.15, -0.1) is 11.6 Å². The number of H-pyrrole nitrogens is 1. The Morgan fingerprint density at radius 2 is 1.79 bits per heavy atom. The summed E-state index contributed by atoms with van der Waals surface area (Å²) < 4.78 is 48.0. The standard InChI is InChI=1S/C39H48ClN5O6S/c1-4-50-39(46)38-32(16-9-23-51-35-17-7-12-29-11-5-6-13-30(29)35)31-14-8-15-33(37(31)41-38)36-28(2)43(3)42-34(36)27-45(52(47,48)26-10-18-40)20-19-44-21-24-49-25-22-44/h5-8,11-15,17,41H,4,9-10,16,18-27H2,1-3H3. The van der Waals surface area contributed by atoms with Crippen molar-refractivity contribution < 1.29 is 27.4 Å². The first-order valence-corrected chi connectivity index (χ1v) is 20.1. The van der Waals surface area contributed by atoms with Crippen LogP contribution in [0.5, 0.6) is 5.75 Å². The average molecular weight is 750 g/mol. The third-order valence-corrected chi connectivity index (χ3v) is 11.9. The summed E-state index contributed by atoms with van der Waals surface area (Å²) in [4.78, 5) is 19.0. The normalized spacial score (nSPS) is 14.1. The molecule has 0 atom stereocenters. The van der Waals surface area contributed by atoms with E-state index in [1.54, 1.807) is 15.9 Å². The number of hydrogen-bond donors (Lipinski definition) is 1. The minimum atomic E-state index is -3.63. The van der Waals surface area contributed by atoms with Crippen molar-refractivity contribution in [2.45, 2.75) is 39.7 Å². The largest absolute Gasteiger partial charge is 0.493 e. The molecule has 0 spiro atoms. The molecular weight excluding hydrogens is 702 g/mol. The van der Waals surface area contributed by atoms with Crippen LogP contribution in [-0.4, -0.2) is 103 Å². The van der Waals surface area contributed by atoms with Crippen LogP contribution in [0.4, 0.5) is 0 Å². The predicted molar refractivity (Wildman–Crippen MR) is 206 cm³/mol. The Kier molecular flexibility index (Phi) is 12.5. The summed E-state index contributed by atoms with van der Waals surface area (Å²) >= 11 is 5.94. The summed E-state index contributed by atoms with van der Waals surface area (Å²) in [6.45, 7) is 8.29. The number of halogens is 1. The summed E-state index contributed by atoms with van der Waals surface area (Å²) in [6.07, 6.45) is 1.61. The molecule has 1 aliphatic heterocycles. The highest BCUT2D eigenvalue weighted by molar-refractivity contribution is 7.89. The summed E-state index contributed by atoms with van der Waals surface area (Å²) in [5, 5.41) is 7.93. The number of alkyl halides is 1. The highest BCUT2D eigenvalue weighted by atomic mass is 35.5. The quantitative estimate of drug-likeness (QED) is 0.0668. The van der Waals surface area contributed by atoms with Crippen molar-refractivity contribution in [3.8, 4) is 16.9 Å². The minimum Gasteiger partial charge on any atom is -0.493 e. The molecule has 0 bridgehead atoms. The van der Waals surface area contributed by atoms with Crippen LogP contribution < -0.4 is 4.74 Å². The fraction of sp³-hybridized carbons (Fsp3) is 0.436. The number of sulfonamides is 1. The molecule has 13 heteroatoms. The number of benzene rings is 3. The van der Waals surface area contributed by atoms with E-state index in [1.165, 1.54) is 0 Å². The number of carbonyl (C=O) groups is 1. The number of aromatic amines is 1. The van der Waals surface area contributed by atoms with Gasteiger partial charge >= 0.3 is 5.97 Å². The molecule has 52 heavy (non-hydrogen) atoms. The van der Waals surface area contributed by atoms with Gasteiger partial charge in [0.05, 0.1) is 49.9 Å². The predicted octanol–water partition coefficient (Wildman–Crippen LogP) is 6.31. The van der Waals surface area contributed by atoms with Gasteiger partial charge in [-0.1, -0.05) is 54.6 Å². The minimum absolute atomic E-state index is 0.0383. The first-order chi connectivity index (χ1) is 25.2. The third-order valence-electron chi connectivity index (χ3n) is 9.70. The second-order valence-corrected chi connectivity index (χ2v) is 15.5. The average Bonchev–Trinajstić information content (AvgIpc) is 3.67. The molecule has 5 aromatic rings. The van der Waals surface area contributed by atoms with Crippen molar-refractivity contribution in [1.82, 2.24) is 24.0 Å². The van der Waals surface area contributed by atoms with E-state index in [0.717, 1.165) is 62.9 Å². The monoisotopic (exact) mass is 749 g/mol. The molecule has 0 saturated carbocycles. The van der Waals surface area contributed by atoms with Crippen LogP contribution in [0, 0.1) is 6.92 Å². The fourth-order valence-electron chi connectivity index (χ4n) is 6.94. The van der Waals surface area contributed by atoms with Crippen molar-refractivity contribution >= 4 is 49.3 Å². The van der Waals surface area contributed by atoms with Gasteiger partial charge in [0.25, 0.3) is 0 Å². The van der Waals surface area contributed by atoms with Crippen LogP contribution in [0.3, 0.4) is 0 Å². The Bertz CT molecular complexity index is 2100. The van der Waals surface area contributed by atoms with Gasteiger partial charge in [0, 0.05) is 66.7 Å². The van der Waals surface area contributed by atoms with Crippen LogP contribution in [0.15, 0.2) is 60.7 Å². The molecule has 278 valence electrons. The topological polar surface area (TPSA) is 119 Å². The van der Waals surface area contributed by atoms with Gasteiger partial charge in [0.15, 0.2) is 0 Å². The Balaban J connectivity index is 1.32. The molecule has 2 aromatic heterocycles. The molecule has 1 aliphatic rings. The molecule has 3 aromatic carbocycles. The number of rotatable bonds is 17. The SMILES string of the molecule is CCOC(=O)c1[nH]c2c(-c3c(CN(CCN4CCOCC4)S(=O)(=O)CCCCl)nn(C)c3C)cccc2c1CCCOc1cccc2ccccc12. The zero-order chi connectivity index (χ0) is 36.7. The molecule has 0 aliphatic carbocycles. The maximum Gasteiger partial charge on any atom is 0.355 e. The number of aryl methyl sites for hydroxylation is 2. The number of esters is 1. The summed E-state index contributed by atoms with van der Waals surface area (Å²) in [5.41, 5.74) is 5.24. The maximum atomic E-state index is 13.7. The Hall–Kier alpha value is -3.94. The highest BCUT2D eigenvalue weighted by Crippen LogP contribution is 2.37. The van der Waals surface area contributed by atoms with E-state index in [9.17, 15) is 13.2 Å². The number of nitrogens with zero attached hydrogens (tertiary/aromatic N) is 4. The van der Waals surface area contributed by atoms with Gasteiger partial charge in [-0.2, -0.15) is 9.40 Å². The number of nitrogens with one attached hydrogen (secondary N) is 1. The number of aromatic nitrogens is 3. The van der Waals surface area contributed by atoms with Gasteiger partial charge in [0.2, 0.25) is 10.0 Å². The summed E-state index contributed by atoms with van der Waals surface area (Å²) in [6, 6.07) is 20.1. The first kappa shape index (κ1) is 37.8. The van der Waals surface area contributed by atoms with Crippen molar-refractivity contribution in [2.24, 2.45) is 7.05 Å². The van der Waals surface area contributed by atoms with Crippen molar-refractivity contribution in [3.05, 3.63) is 83.3 Å². The maximum absolute atomic E-state index is 13.7. The number of ether oxygens (including phenoxy) is 3. The van der Waals surface area contributed by atoms with Crippen LogP contribution in [-0.2, 0) is 39.5 Å². The number of carbonyl (C=O) groups excluding carboxylic acids is 1. The van der Waals surface area contributed by atoms with E-state index in [0.29, 0.717) is 63.6 Å². The summed E-state index contributed by atoms with van der Waals surface area (Å²) in [7, 11) is -1.77. The van der Waals surface area contributed by atoms with Crippen molar-refractivity contribution in [2.75, 3.05) is 64.2 Å². The molecule has 3 heterocycles. The lowest BCUT2D eigenvalue weighted by atomic mass is 9.98. The molecule has 0 amide bonds. The molecule has 0 unspecified atom stereocenters. The van der Waals surface area contributed by atoms with Crippen LogP contribution >= 0.6 is 11.6 Å². The first-order valence-electron chi connectivity index (χ1n) is 18.0. The smallest absolute Gasteiger partial charge is 0.355 e. The molecule has 0 radical (unpaired) electrons. The van der Waals surface area contributed by atoms with Gasteiger partial charge < -0.3 is 19.2 Å². The van der Waals surface area contributed by atoms with Crippen LogP contribution in [0.25, 0.3) is 32.8 Å². The van der Waals surface area contributed by atoms with Gasteiger partial charge in [0.1, 0.15) is 11.4 Å². The second-order valence-electron chi connectivity index (χ2n) is 13.0. The van der Waals surface area contributed by atoms with Gasteiger partial charge in [-0.25, -0.2) is 13.2 Å². The van der Waals surface area contributed by atoms with E-state index in [-0.39, 0.29) is 24.8 Å². The van der Waals surface area contributed by atoms with E-state index in [1.807, 2.05) is 56.4 Å². The van der Waals surface area contributed by atoms with E-state index in [2.05, 4.69) is 28.1 Å². The number of morpholine rings is 1. The van der Waals surface area contributed by atoms with E-state index in [4.69, 9.17) is 30.9 Å². The molecular formula is C39H48ClN5O6S. The number of fused-ring (bicyclic) bond motifs is 2. The van der Waals surface area contributed by atoms with Crippen LogP contribution in [0.1, 0.15) is 47.2 Å². The van der Waals surface area contributed by atoms with Crippen molar-refractivity contribution in [3.63, 3.8) is 0 Å². The molecule has 1 saturated heterocycles. The molecule has 6 rings (SSSR count). The number of hydrogen-bond acceptors (Lipinski definition) is 8. The van der Waals surface area contributed by atoms with Gasteiger partial charge in [-0.05, 0) is 50.1 Å². The van der Waals surface area contributed by atoms with E-state index >= 15 is 0 Å². The second kappa shape index (κ2) is 17.3. The zero-order valence-corrected chi connectivity index (χ0v) is 31.8. The third kappa shape index (κ3) is 8.47. The fourth-order valence-corrected chi connectivity index (χ4v) is 8.67. The molecule has 1 N–H and O–H groups in total. The van der Waals surface area contributed by atoms with Gasteiger partial charge in [-0.3, -0.25) is 9.58 Å². The zero-order valence-electron chi connectivity index (χ0n) is 30.2. The lowest BCUT2D eigenvalue weighted by Crippen LogP contribution is -2.43. The van der Waals surface area contributed by atoms with Crippen molar-refractivity contribution in [1.29, 1.82) is 0 Å². The Labute approximate surface area is 310 Å². The summed E-state index contributed by atoms with van der Waals surface area (Å²) in [5.74, 6) is 0.633. The Morgan fingerprint density at radius 3 is 2.58 bits per heavy atom. The highest BCUT2D eigenvalue weighted by Gasteiger charge is 2.28. The lowest BCUT2D eigenvalue weighted by Gasteiger charge is -2.29. The van der Waals surface area contributed by atoms with Crippen LogP contribution in [0.2, 0.25) is 0 Å². The Morgan fingerprint density at radius 1 is 1.04 bits per heavy atom. The molecule has 11 nitrogen and oxygen atoms in total.